The Morgan fingerprint density at radius 3 is 2.77 bits per heavy atom. The molecule has 0 saturated carbocycles. The molecule has 0 aliphatic rings. The Balaban J connectivity index is 1.89. The molecular weight excluding hydrogens is 304 g/mol. The van der Waals surface area contributed by atoms with Gasteiger partial charge in [-0.25, -0.2) is 4.98 Å². The summed E-state index contributed by atoms with van der Waals surface area (Å²) in [5, 5.41) is 12.5. The van der Waals surface area contributed by atoms with Gasteiger partial charge in [-0.2, -0.15) is 0 Å². The number of carbonyl (C=O) groups excluding carboxylic acids is 1. The number of nitrogens with one attached hydrogen (secondary N) is 1. The predicted octanol–water partition coefficient (Wildman–Crippen LogP) is 2.81. The maximum atomic E-state index is 11.8. The highest BCUT2D eigenvalue weighted by Crippen LogP contribution is 2.22. The first kappa shape index (κ1) is 16.5. The van der Waals surface area contributed by atoms with Gasteiger partial charge in [0.1, 0.15) is 0 Å². The maximum absolute atomic E-state index is 11.8. The zero-order chi connectivity index (χ0) is 15.9. The van der Waals surface area contributed by atoms with E-state index in [0.717, 1.165) is 5.56 Å². The summed E-state index contributed by atoms with van der Waals surface area (Å²) in [5.41, 5.74) is 0.888. The van der Waals surface area contributed by atoms with E-state index in [2.05, 4.69) is 10.3 Å². The quantitative estimate of drug-likeness (QED) is 0.822. The van der Waals surface area contributed by atoms with Gasteiger partial charge in [-0.15, -0.1) is 0 Å². The van der Waals surface area contributed by atoms with Crippen LogP contribution in [0.3, 0.4) is 0 Å². The fourth-order valence-electron chi connectivity index (χ4n) is 1.97. The highest BCUT2D eigenvalue weighted by atomic mass is 35.5. The summed E-state index contributed by atoms with van der Waals surface area (Å²) in [6.45, 7) is 1.86. The van der Waals surface area contributed by atoms with Gasteiger partial charge in [0.15, 0.2) is 11.7 Å². The molecule has 0 bridgehead atoms. The molecule has 6 heteroatoms. The summed E-state index contributed by atoms with van der Waals surface area (Å²) in [5.74, 6) is 1.04. The smallest absolute Gasteiger partial charge is 0.220 e. The second kappa shape index (κ2) is 7.96. The highest BCUT2D eigenvalue weighted by Gasteiger charge is 2.12. The second-order valence-electron chi connectivity index (χ2n) is 4.98. The number of aliphatic hydroxyl groups excluding tert-OH is 1. The van der Waals surface area contributed by atoms with Crippen molar-refractivity contribution in [1.82, 2.24) is 10.3 Å². The van der Waals surface area contributed by atoms with Gasteiger partial charge in [-0.1, -0.05) is 18.5 Å². The fraction of sp³-hybridized carbons (Fsp3) is 0.375. The third-order valence-electron chi connectivity index (χ3n) is 3.33. The summed E-state index contributed by atoms with van der Waals surface area (Å²) < 4.78 is 5.63. The van der Waals surface area contributed by atoms with E-state index in [1.54, 1.807) is 18.3 Å². The van der Waals surface area contributed by atoms with Crippen LogP contribution in [0.2, 0.25) is 5.02 Å². The van der Waals surface area contributed by atoms with Gasteiger partial charge in [0, 0.05) is 23.4 Å². The zero-order valence-electron chi connectivity index (χ0n) is 12.4. The molecule has 22 heavy (non-hydrogen) atoms. The number of oxazole rings is 1. The molecule has 2 rings (SSSR count). The van der Waals surface area contributed by atoms with Gasteiger partial charge < -0.3 is 14.8 Å². The molecule has 1 amide bonds. The highest BCUT2D eigenvalue weighted by molar-refractivity contribution is 6.30. The summed E-state index contributed by atoms with van der Waals surface area (Å²) in [4.78, 5) is 15.9. The molecule has 1 aromatic heterocycles. The molecule has 5 nitrogen and oxygen atoms in total. The molecule has 0 saturated heterocycles. The van der Waals surface area contributed by atoms with Crippen molar-refractivity contribution in [3.8, 4) is 11.3 Å². The number of aryl methyl sites for hydroxylation is 1. The van der Waals surface area contributed by atoms with E-state index in [9.17, 15) is 4.79 Å². The number of rotatable bonds is 7. The molecular formula is C16H19ClN2O3. The number of aliphatic hydroxyl groups is 1. The van der Waals surface area contributed by atoms with Crippen LogP contribution in [-0.2, 0) is 11.2 Å². The lowest BCUT2D eigenvalue weighted by Crippen LogP contribution is -2.37. The van der Waals surface area contributed by atoms with Crippen LogP contribution in [0.25, 0.3) is 11.3 Å². The molecule has 0 fully saturated rings. The SMILES string of the molecule is CCC(CO)NC(=O)CCc1ncc(-c2ccc(Cl)cc2)o1. The minimum atomic E-state index is -0.193. The van der Waals surface area contributed by atoms with Gasteiger partial charge in [-0.05, 0) is 30.7 Å². The van der Waals surface area contributed by atoms with Gasteiger partial charge in [0.05, 0.1) is 18.8 Å². The number of aromatic nitrogens is 1. The number of carbonyl (C=O) groups is 1. The number of benzene rings is 1. The number of nitrogens with zero attached hydrogens (tertiary/aromatic N) is 1. The van der Waals surface area contributed by atoms with Crippen LogP contribution in [-0.4, -0.2) is 28.6 Å². The lowest BCUT2D eigenvalue weighted by Gasteiger charge is -2.13. The Morgan fingerprint density at radius 2 is 2.14 bits per heavy atom. The van der Waals surface area contributed by atoms with Crippen molar-refractivity contribution in [1.29, 1.82) is 0 Å². The van der Waals surface area contributed by atoms with Crippen LogP contribution < -0.4 is 5.32 Å². The molecule has 118 valence electrons. The van der Waals surface area contributed by atoms with Crippen LogP contribution >= 0.6 is 11.6 Å². The molecule has 2 N–H and O–H groups in total. The second-order valence-corrected chi connectivity index (χ2v) is 5.42. The van der Waals surface area contributed by atoms with Crippen molar-refractivity contribution in [2.75, 3.05) is 6.61 Å². The first-order valence-electron chi connectivity index (χ1n) is 7.23. The monoisotopic (exact) mass is 322 g/mol. The van der Waals surface area contributed by atoms with Gasteiger partial charge in [0.25, 0.3) is 0 Å². The van der Waals surface area contributed by atoms with E-state index in [4.69, 9.17) is 21.1 Å². The van der Waals surface area contributed by atoms with Crippen molar-refractivity contribution in [3.63, 3.8) is 0 Å². The van der Waals surface area contributed by atoms with E-state index in [1.807, 2.05) is 19.1 Å². The first-order chi connectivity index (χ1) is 10.6. The zero-order valence-corrected chi connectivity index (χ0v) is 13.1. The third kappa shape index (κ3) is 4.58. The Bertz CT molecular complexity index is 606. The molecule has 0 radical (unpaired) electrons. The molecule has 0 aliphatic heterocycles. The minimum Gasteiger partial charge on any atom is -0.441 e. The largest absolute Gasteiger partial charge is 0.441 e. The molecule has 0 aliphatic carbocycles. The minimum absolute atomic E-state index is 0.0536. The summed E-state index contributed by atoms with van der Waals surface area (Å²) in [6, 6.07) is 7.08. The fourth-order valence-corrected chi connectivity index (χ4v) is 2.10. The van der Waals surface area contributed by atoms with Crippen LogP contribution in [0.5, 0.6) is 0 Å². The molecule has 1 unspecified atom stereocenters. The van der Waals surface area contributed by atoms with Crippen molar-refractivity contribution in [3.05, 3.63) is 41.4 Å². The van der Waals surface area contributed by atoms with Crippen LogP contribution in [0.4, 0.5) is 0 Å². The van der Waals surface area contributed by atoms with Crippen molar-refractivity contribution < 1.29 is 14.3 Å². The molecule has 1 aromatic carbocycles. The van der Waals surface area contributed by atoms with E-state index in [0.29, 0.717) is 29.5 Å². The molecule has 1 heterocycles. The molecule has 2 aromatic rings. The van der Waals surface area contributed by atoms with Crippen LogP contribution in [0.15, 0.2) is 34.9 Å². The Morgan fingerprint density at radius 1 is 1.41 bits per heavy atom. The molecule has 0 spiro atoms. The number of amides is 1. The van der Waals surface area contributed by atoms with E-state index >= 15 is 0 Å². The topological polar surface area (TPSA) is 75.4 Å². The van der Waals surface area contributed by atoms with E-state index in [1.165, 1.54) is 0 Å². The van der Waals surface area contributed by atoms with Crippen molar-refractivity contribution in [2.24, 2.45) is 0 Å². The standard InChI is InChI=1S/C16H19ClN2O3/c1-2-13(10-20)19-15(21)7-8-16-18-9-14(22-16)11-3-5-12(17)6-4-11/h3-6,9,13,20H,2,7-8,10H2,1H3,(H,19,21). The van der Waals surface area contributed by atoms with Gasteiger partial charge in [0.2, 0.25) is 5.91 Å². The average Bonchev–Trinajstić information content (AvgIpc) is 3.00. The van der Waals surface area contributed by atoms with E-state index in [-0.39, 0.29) is 25.0 Å². The van der Waals surface area contributed by atoms with Crippen molar-refractivity contribution >= 4 is 17.5 Å². The Labute approximate surface area is 134 Å². The van der Waals surface area contributed by atoms with Crippen LogP contribution in [0, 0.1) is 0 Å². The summed E-state index contributed by atoms with van der Waals surface area (Å²) >= 11 is 5.85. The molecule has 1 atom stereocenters. The number of hydrogen-bond acceptors (Lipinski definition) is 4. The lowest BCUT2D eigenvalue weighted by atomic mass is 10.2. The lowest BCUT2D eigenvalue weighted by molar-refractivity contribution is -0.122. The third-order valence-corrected chi connectivity index (χ3v) is 3.58. The number of halogens is 1. The summed E-state index contributed by atoms with van der Waals surface area (Å²) in [7, 11) is 0. The maximum Gasteiger partial charge on any atom is 0.220 e. The summed E-state index contributed by atoms with van der Waals surface area (Å²) in [6.07, 6.45) is 3.03. The Kier molecular flexibility index (Phi) is 5.98. The normalized spacial score (nSPS) is 12.1. The number of hydrogen-bond donors (Lipinski definition) is 2. The first-order valence-corrected chi connectivity index (χ1v) is 7.61. The Hall–Kier alpha value is -1.85. The van der Waals surface area contributed by atoms with Crippen LogP contribution in [0.1, 0.15) is 25.7 Å². The van der Waals surface area contributed by atoms with Gasteiger partial charge >= 0.3 is 0 Å². The predicted molar refractivity (Wildman–Crippen MR) is 84.6 cm³/mol. The van der Waals surface area contributed by atoms with Crippen molar-refractivity contribution in [2.45, 2.75) is 32.2 Å². The van der Waals surface area contributed by atoms with E-state index < -0.39 is 0 Å². The average molecular weight is 323 g/mol. The van der Waals surface area contributed by atoms with Gasteiger partial charge in [-0.3, -0.25) is 4.79 Å².